The third kappa shape index (κ3) is 3.39. The third-order valence-electron chi connectivity index (χ3n) is 3.57. The number of nitrogens with one attached hydrogen (secondary N) is 1. The predicted molar refractivity (Wildman–Crippen MR) is 86.8 cm³/mol. The van der Waals surface area contributed by atoms with Crippen molar-refractivity contribution < 1.29 is 9.47 Å². The Labute approximate surface area is 133 Å². The molecule has 4 heteroatoms. The number of fused-ring (bicyclic) bond motifs is 1. The summed E-state index contributed by atoms with van der Waals surface area (Å²) in [5, 5.41) is 3.53. The molecule has 0 saturated heterocycles. The molecule has 0 saturated carbocycles. The van der Waals surface area contributed by atoms with Gasteiger partial charge in [0.2, 0.25) is 0 Å². The zero-order chi connectivity index (χ0) is 14.7. The van der Waals surface area contributed by atoms with Crippen LogP contribution in [0.25, 0.3) is 0 Å². The fourth-order valence-electron chi connectivity index (χ4n) is 2.40. The third-order valence-corrected chi connectivity index (χ3v) is 4.16. The number of benzene rings is 2. The average Bonchev–Trinajstić information content (AvgIpc) is 2.53. The molecule has 0 amide bonds. The number of hydrogen-bond acceptors (Lipinski definition) is 3. The van der Waals surface area contributed by atoms with Crippen LogP contribution >= 0.6 is 15.9 Å². The largest absolute Gasteiger partial charge is 0.486 e. The molecule has 1 aliphatic heterocycles. The normalized spacial score (nSPS) is 14.8. The molecular weight excluding hydrogens is 330 g/mol. The lowest BCUT2D eigenvalue weighted by Crippen LogP contribution is -2.19. The molecule has 3 rings (SSSR count). The van der Waals surface area contributed by atoms with E-state index in [0.717, 1.165) is 22.5 Å². The van der Waals surface area contributed by atoms with Gasteiger partial charge in [0.25, 0.3) is 0 Å². The maximum atomic E-state index is 5.65. The first-order chi connectivity index (χ1) is 10.2. The van der Waals surface area contributed by atoms with Crippen molar-refractivity contribution in [1.29, 1.82) is 0 Å². The van der Waals surface area contributed by atoms with Gasteiger partial charge in [-0.3, -0.25) is 0 Å². The molecule has 0 aromatic heterocycles. The fraction of sp³-hybridized carbons (Fsp3) is 0.294. The van der Waals surface area contributed by atoms with Crippen molar-refractivity contribution in [3.8, 4) is 11.5 Å². The summed E-state index contributed by atoms with van der Waals surface area (Å²) in [5.74, 6) is 1.63. The second-order valence-corrected chi connectivity index (χ2v) is 5.97. The van der Waals surface area contributed by atoms with E-state index in [1.54, 1.807) is 0 Å². The van der Waals surface area contributed by atoms with E-state index in [9.17, 15) is 0 Å². The van der Waals surface area contributed by atoms with Crippen LogP contribution < -0.4 is 14.8 Å². The van der Waals surface area contributed by atoms with Crippen LogP contribution in [-0.2, 0) is 6.54 Å². The summed E-state index contributed by atoms with van der Waals surface area (Å²) < 4.78 is 12.2. The first-order valence-electron chi connectivity index (χ1n) is 7.10. The Balaban J connectivity index is 1.69. The minimum absolute atomic E-state index is 0.304. The van der Waals surface area contributed by atoms with Crippen molar-refractivity contribution in [1.82, 2.24) is 5.32 Å². The molecule has 0 unspecified atom stereocenters. The van der Waals surface area contributed by atoms with Crippen LogP contribution in [-0.4, -0.2) is 13.2 Å². The van der Waals surface area contributed by atoms with E-state index < -0.39 is 0 Å². The SMILES string of the molecule is C[C@@H](NCc1cc(Br)c2c(c1)OCCO2)c1ccccc1. The Morgan fingerprint density at radius 3 is 2.71 bits per heavy atom. The summed E-state index contributed by atoms with van der Waals surface area (Å²) >= 11 is 3.55. The van der Waals surface area contributed by atoms with E-state index in [0.29, 0.717) is 19.3 Å². The molecule has 21 heavy (non-hydrogen) atoms. The topological polar surface area (TPSA) is 30.5 Å². The van der Waals surface area contributed by atoms with Gasteiger partial charge in [-0.05, 0) is 46.1 Å². The maximum absolute atomic E-state index is 5.65. The summed E-state index contributed by atoms with van der Waals surface area (Å²) in [6.45, 7) is 4.17. The van der Waals surface area contributed by atoms with E-state index in [1.807, 2.05) is 12.1 Å². The summed E-state index contributed by atoms with van der Waals surface area (Å²) in [6.07, 6.45) is 0. The number of halogens is 1. The zero-order valence-corrected chi connectivity index (χ0v) is 13.5. The molecular formula is C17H18BrNO2. The number of ether oxygens (including phenoxy) is 2. The Morgan fingerprint density at radius 2 is 1.90 bits per heavy atom. The predicted octanol–water partition coefficient (Wildman–Crippen LogP) is 4.07. The van der Waals surface area contributed by atoms with Crippen LogP contribution in [0.15, 0.2) is 46.9 Å². The molecule has 0 fully saturated rings. The summed E-state index contributed by atoms with van der Waals surface area (Å²) in [7, 11) is 0. The minimum Gasteiger partial charge on any atom is -0.486 e. The number of rotatable bonds is 4. The van der Waals surface area contributed by atoms with Crippen molar-refractivity contribution in [2.75, 3.05) is 13.2 Å². The molecule has 0 aliphatic carbocycles. The van der Waals surface area contributed by atoms with E-state index in [1.165, 1.54) is 11.1 Å². The number of hydrogen-bond donors (Lipinski definition) is 1. The van der Waals surface area contributed by atoms with Gasteiger partial charge in [-0.25, -0.2) is 0 Å². The Kier molecular flexibility index (Phi) is 4.46. The van der Waals surface area contributed by atoms with Crippen molar-refractivity contribution >= 4 is 15.9 Å². The van der Waals surface area contributed by atoms with Gasteiger partial charge in [-0.1, -0.05) is 30.3 Å². The van der Waals surface area contributed by atoms with Gasteiger partial charge >= 0.3 is 0 Å². The first-order valence-corrected chi connectivity index (χ1v) is 7.89. The molecule has 3 nitrogen and oxygen atoms in total. The highest BCUT2D eigenvalue weighted by Gasteiger charge is 2.16. The highest BCUT2D eigenvalue weighted by molar-refractivity contribution is 9.10. The summed E-state index contributed by atoms with van der Waals surface area (Å²) in [6, 6.07) is 14.9. The monoisotopic (exact) mass is 347 g/mol. The van der Waals surface area contributed by atoms with Crippen LogP contribution in [0, 0.1) is 0 Å². The Morgan fingerprint density at radius 1 is 1.14 bits per heavy atom. The van der Waals surface area contributed by atoms with E-state index in [-0.39, 0.29) is 0 Å². The zero-order valence-electron chi connectivity index (χ0n) is 11.9. The molecule has 0 bridgehead atoms. The smallest absolute Gasteiger partial charge is 0.175 e. The molecule has 110 valence electrons. The molecule has 1 atom stereocenters. The Hall–Kier alpha value is -1.52. The van der Waals surface area contributed by atoms with Crippen molar-refractivity contribution in [2.45, 2.75) is 19.5 Å². The molecule has 1 heterocycles. The van der Waals surface area contributed by atoms with Crippen LogP contribution in [0.4, 0.5) is 0 Å². The molecule has 2 aromatic rings. The Bertz CT molecular complexity index is 616. The fourth-order valence-corrected chi connectivity index (χ4v) is 3.00. The van der Waals surface area contributed by atoms with E-state index in [2.05, 4.69) is 58.5 Å². The van der Waals surface area contributed by atoms with Gasteiger partial charge in [0.1, 0.15) is 13.2 Å². The van der Waals surface area contributed by atoms with Crippen molar-refractivity contribution in [2.24, 2.45) is 0 Å². The first kappa shape index (κ1) is 14.4. The highest BCUT2D eigenvalue weighted by atomic mass is 79.9. The lowest BCUT2D eigenvalue weighted by atomic mass is 10.1. The van der Waals surface area contributed by atoms with Gasteiger partial charge in [0, 0.05) is 12.6 Å². The second kappa shape index (κ2) is 6.50. The van der Waals surface area contributed by atoms with E-state index >= 15 is 0 Å². The maximum Gasteiger partial charge on any atom is 0.175 e. The molecule has 0 spiro atoms. The summed E-state index contributed by atoms with van der Waals surface area (Å²) in [5.41, 5.74) is 2.46. The van der Waals surface area contributed by atoms with Crippen LogP contribution in [0.1, 0.15) is 24.1 Å². The van der Waals surface area contributed by atoms with Crippen LogP contribution in [0.2, 0.25) is 0 Å². The van der Waals surface area contributed by atoms with Crippen LogP contribution in [0.3, 0.4) is 0 Å². The lowest BCUT2D eigenvalue weighted by molar-refractivity contribution is 0.170. The quantitative estimate of drug-likeness (QED) is 0.904. The molecule has 1 aliphatic rings. The van der Waals surface area contributed by atoms with Gasteiger partial charge in [0.15, 0.2) is 11.5 Å². The molecule has 0 radical (unpaired) electrons. The highest BCUT2D eigenvalue weighted by Crippen LogP contribution is 2.38. The average molecular weight is 348 g/mol. The van der Waals surface area contributed by atoms with Crippen LogP contribution in [0.5, 0.6) is 11.5 Å². The molecule has 2 aromatic carbocycles. The van der Waals surface area contributed by atoms with Gasteiger partial charge in [-0.2, -0.15) is 0 Å². The lowest BCUT2D eigenvalue weighted by Gasteiger charge is -2.21. The summed E-state index contributed by atoms with van der Waals surface area (Å²) in [4.78, 5) is 0. The minimum atomic E-state index is 0.304. The second-order valence-electron chi connectivity index (χ2n) is 5.12. The van der Waals surface area contributed by atoms with Crippen molar-refractivity contribution in [3.05, 3.63) is 58.1 Å². The van der Waals surface area contributed by atoms with Gasteiger partial charge in [-0.15, -0.1) is 0 Å². The van der Waals surface area contributed by atoms with Gasteiger partial charge < -0.3 is 14.8 Å². The van der Waals surface area contributed by atoms with Crippen molar-refractivity contribution in [3.63, 3.8) is 0 Å². The molecule has 1 N–H and O–H groups in total. The van der Waals surface area contributed by atoms with E-state index in [4.69, 9.17) is 9.47 Å². The van der Waals surface area contributed by atoms with Gasteiger partial charge in [0.05, 0.1) is 4.47 Å². The standard InChI is InChI=1S/C17H18BrNO2/c1-12(14-5-3-2-4-6-14)19-11-13-9-15(18)17-16(10-13)20-7-8-21-17/h2-6,9-10,12,19H,7-8,11H2,1H3/t12-/m1/s1.